The lowest BCUT2D eigenvalue weighted by molar-refractivity contribution is 0.0920. The van der Waals surface area contributed by atoms with Crippen LogP contribution in [0, 0.1) is 0 Å². The smallest absolute Gasteiger partial charge is 0.287 e. The SMILES string of the molecule is COc1ccc(-c2noc(CNC(=O)c3cc4cc(Cl)ccc4o3)n2)cc1OC. The monoisotopic (exact) mass is 413 g/mol. The zero-order valence-electron chi connectivity index (χ0n) is 15.6. The fourth-order valence-electron chi connectivity index (χ4n) is 2.79. The van der Waals surface area contributed by atoms with Crippen LogP contribution in [0.4, 0.5) is 0 Å². The van der Waals surface area contributed by atoms with E-state index >= 15 is 0 Å². The first-order valence-electron chi connectivity index (χ1n) is 8.59. The molecule has 2 heterocycles. The average Bonchev–Trinajstić information content (AvgIpc) is 3.38. The van der Waals surface area contributed by atoms with E-state index in [1.165, 1.54) is 0 Å². The van der Waals surface area contributed by atoms with Crippen molar-refractivity contribution in [3.63, 3.8) is 0 Å². The topological polar surface area (TPSA) is 99.6 Å². The van der Waals surface area contributed by atoms with E-state index in [4.69, 9.17) is 30.0 Å². The summed E-state index contributed by atoms with van der Waals surface area (Å²) in [6.45, 7) is 0.0525. The van der Waals surface area contributed by atoms with Crippen LogP contribution < -0.4 is 14.8 Å². The third kappa shape index (κ3) is 3.88. The number of carbonyl (C=O) groups is 1. The molecule has 148 valence electrons. The Bertz CT molecular complexity index is 1180. The van der Waals surface area contributed by atoms with Crippen molar-refractivity contribution in [2.24, 2.45) is 0 Å². The zero-order valence-corrected chi connectivity index (χ0v) is 16.3. The van der Waals surface area contributed by atoms with E-state index in [0.717, 1.165) is 5.39 Å². The van der Waals surface area contributed by atoms with Crippen molar-refractivity contribution in [2.75, 3.05) is 14.2 Å². The highest BCUT2D eigenvalue weighted by Gasteiger charge is 2.15. The molecule has 4 aromatic rings. The third-order valence-electron chi connectivity index (χ3n) is 4.21. The molecular weight excluding hydrogens is 398 g/mol. The number of hydrogen-bond donors (Lipinski definition) is 1. The van der Waals surface area contributed by atoms with Crippen molar-refractivity contribution in [3.05, 3.63) is 59.1 Å². The molecule has 0 aliphatic heterocycles. The van der Waals surface area contributed by atoms with Gasteiger partial charge in [0.05, 0.1) is 20.8 Å². The van der Waals surface area contributed by atoms with Gasteiger partial charge in [0.2, 0.25) is 11.7 Å². The van der Waals surface area contributed by atoms with Gasteiger partial charge >= 0.3 is 0 Å². The molecule has 1 N–H and O–H groups in total. The van der Waals surface area contributed by atoms with Crippen molar-refractivity contribution in [1.82, 2.24) is 15.5 Å². The van der Waals surface area contributed by atoms with E-state index in [2.05, 4.69) is 15.5 Å². The zero-order chi connectivity index (χ0) is 20.4. The van der Waals surface area contributed by atoms with Gasteiger partial charge in [0.1, 0.15) is 5.58 Å². The molecule has 0 aliphatic rings. The highest BCUT2D eigenvalue weighted by molar-refractivity contribution is 6.31. The van der Waals surface area contributed by atoms with Gasteiger partial charge in [-0.1, -0.05) is 16.8 Å². The van der Waals surface area contributed by atoms with Gasteiger partial charge in [-0.2, -0.15) is 4.98 Å². The Labute approximate surface area is 170 Å². The number of hydrogen-bond acceptors (Lipinski definition) is 7. The molecule has 4 rings (SSSR count). The second-order valence-electron chi connectivity index (χ2n) is 6.06. The second kappa shape index (κ2) is 7.84. The van der Waals surface area contributed by atoms with E-state index in [0.29, 0.717) is 33.5 Å². The van der Waals surface area contributed by atoms with Crippen molar-refractivity contribution in [1.29, 1.82) is 0 Å². The number of carbonyl (C=O) groups excluding carboxylic acids is 1. The maximum atomic E-state index is 12.3. The number of amides is 1. The summed E-state index contributed by atoms with van der Waals surface area (Å²) in [6.07, 6.45) is 0. The Kier molecular flexibility index (Phi) is 5.09. The molecule has 0 aliphatic carbocycles. The number of nitrogens with one attached hydrogen (secondary N) is 1. The van der Waals surface area contributed by atoms with Crippen LogP contribution in [0.2, 0.25) is 5.02 Å². The first-order valence-corrected chi connectivity index (χ1v) is 8.97. The summed E-state index contributed by atoms with van der Waals surface area (Å²) in [5, 5.41) is 7.95. The lowest BCUT2D eigenvalue weighted by atomic mass is 10.2. The number of rotatable bonds is 6. The van der Waals surface area contributed by atoms with Gasteiger partial charge in [-0.05, 0) is 42.5 Å². The Hall–Kier alpha value is -3.52. The van der Waals surface area contributed by atoms with Crippen LogP contribution in [0.5, 0.6) is 11.5 Å². The Morgan fingerprint density at radius 2 is 1.93 bits per heavy atom. The van der Waals surface area contributed by atoms with E-state index in [1.807, 2.05) is 0 Å². The quantitative estimate of drug-likeness (QED) is 0.508. The van der Waals surface area contributed by atoms with Crippen LogP contribution in [0.15, 0.2) is 51.4 Å². The van der Waals surface area contributed by atoms with Crippen molar-refractivity contribution in [2.45, 2.75) is 6.54 Å². The molecule has 0 bridgehead atoms. The summed E-state index contributed by atoms with van der Waals surface area (Å²) in [5.41, 5.74) is 1.27. The fourth-order valence-corrected chi connectivity index (χ4v) is 2.97. The first kappa shape index (κ1) is 18.8. The summed E-state index contributed by atoms with van der Waals surface area (Å²) < 4.78 is 21.2. The minimum atomic E-state index is -0.400. The molecule has 2 aromatic carbocycles. The molecule has 0 saturated heterocycles. The molecule has 8 nitrogen and oxygen atoms in total. The van der Waals surface area contributed by atoms with Crippen molar-refractivity contribution >= 4 is 28.5 Å². The Morgan fingerprint density at radius 1 is 1.10 bits per heavy atom. The van der Waals surface area contributed by atoms with Gasteiger partial charge in [0, 0.05) is 16.0 Å². The number of fused-ring (bicyclic) bond motifs is 1. The van der Waals surface area contributed by atoms with Gasteiger partial charge in [0.25, 0.3) is 5.91 Å². The molecule has 0 spiro atoms. The molecule has 2 aromatic heterocycles. The van der Waals surface area contributed by atoms with Gasteiger partial charge in [-0.25, -0.2) is 0 Å². The summed E-state index contributed by atoms with van der Waals surface area (Å²) in [6, 6.07) is 12.0. The van der Waals surface area contributed by atoms with Gasteiger partial charge in [-0.15, -0.1) is 0 Å². The van der Waals surface area contributed by atoms with Crippen molar-refractivity contribution < 1.29 is 23.2 Å². The molecule has 1 amide bonds. The summed E-state index contributed by atoms with van der Waals surface area (Å²) in [5.74, 6) is 1.54. The van der Waals surface area contributed by atoms with E-state index in [1.54, 1.807) is 56.7 Å². The molecule has 0 saturated carbocycles. The van der Waals surface area contributed by atoms with E-state index < -0.39 is 5.91 Å². The number of ether oxygens (including phenoxy) is 2. The predicted molar refractivity (Wildman–Crippen MR) is 105 cm³/mol. The number of aromatic nitrogens is 2. The number of halogens is 1. The Morgan fingerprint density at radius 3 is 2.72 bits per heavy atom. The number of nitrogens with zero attached hydrogens (tertiary/aromatic N) is 2. The first-order chi connectivity index (χ1) is 14.1. The van der Waals surface area contributed by atoms with Crippen LogP contribution in [0.1, 0.15) is 16.4 Å². The standard InChI is InChI=1S/C20H16ClN3O5/c1-26-15-5-3-11(8-16(15)27-2)19-23-18(29-24-19)10-22-20(25)17-9-12-7-13(21)4-6-14(12)28-17/h3-9H,10H2,1-2H3,(H,22,25). The summed E-state index contributed by atoms with van der Waals surface area (Å²) >= 11 is 5.95. The summed E-state index contributed by atoms with van der Waals surface area (Å²) in [7, 11) is 3.11. The maximum Gasteiger partial charge on any atom is 0.287 e. The fraction of sp³-hybridized carbons (Fsp3) is 0.150. The molecule has 0 radical (unpaired) electrons. The highest BCUT2D eigenvalue weighted by atomic mass is 35.5. The molecule has 0 fully saturated rings. The lowest BCUT2D eigenvalue weighted by Crippen LogP contribution is -2.22. The minimum Gasteiger partial charge on any atom is -0.493 e. The maximum absolute atomic E-state index is 12.3. The van der Waals surface area contributed by atoms with Crippen LogP contribution in [-0.2, 0) is 6.54 Å². The van der Waals surface area contributed by atoms with Gasteiger partial charge in [-0.3, -0.25) is 4.79 Å². The van der Waals surface area contributed by atoms with Crippen LogP contribution in [0.25, 0.3) is 22.4 Å². The molecule has 0 unspecified atom stereocenters. The molecular formula is C20H16ClN3O5. The predicted octanol–water partition coefficient (Wildman–Crippen LogP) is 4.08. The van der Waals surface area contributed by atoms with Crippen LogP contribution >= 0.6 is 11.6 Å². The van der Waals surface area contributed by atoms with Gasteiger partial charge < -0.3 is 23.7 Å². The normalized spacial score (nSPS) is 10.9. The van der Waals surface area contributed by atoms with E-state index in [9.17, 15) is 4.79 Å². The third-order valence-corrected chi connectivity index (χ3v) is 4.45. The van der Waals surface area contributed by atoms with Crippen LogP contribution in [-0.4, -0.2) is 30.3 Å². The number of benzene rings is 2. The second-order valence-corrected chi connectivity index (χ2v) is 6.49. The molecule has 29 heavy (non-hydrogen) atoms. The Balaban J connectivity index is 1.45. The van der Waals surface area contributed by atoms with Crippen LogP contribution in [0.3, 0.4) is 0 Å². The van der Waals surface area contributed by atoms with E-state index in [-0.39, 0.29) is 18.2 Å². The average molecular weight is 414 g/mol. The lowest BCUT2D eigenvalue weighted by Gasteiger charge is -2.07. The minimum absolute atomic E-state index is 0.0525. The van der Waals surface area contributed by atoms with Crippen molar-refractivity contribution in [3.8, 4) is 22.9 Å². The summed E-state index contributed by atoms with van der Waals surface area (Å²) in [4.78, 5) is 16.6. The molecule has 0 atom stereocenters. The molecule has 9 heteroatoms. The number of furan rings is 1. The highest BCUT2D eigenvalue weighted by Crippen LogP contribution is 2.31. The number of methoxy groups -OCH3 is 2. The largest absolute Gasteiger partial charge is 0.493 e. The van der Waals surface area contributed by atoms with Gasteiger partial charge in [0.15, 0.2) is 17.3 Å².